The van der Waals surface area contributed by atoms with Crippen LogP contribution in [0.5, 0.6) is 11.5 Å². The second-order valence-corrected chi connectivity index (χ2v) is 5.90. The molecular formula is C18H25NO3. The maximum Gasteiger partial charge on any atom is 0.251 e. The van der Waals surface area contributed by atoms with Gasteiger partial charge in [-0.2, -0.15) is 0 Å². The number of ether oxygens (including phenoxy) is 2. The van der Waals surface area contributed by atoms with Gasteiger partial charge in [-0.1, -0.05) is 19.6 Å². The number of rotatable bonds is 6. The minimum absolute atomic E-state index is 0.0480. The number of carbonyl (C=O) groups excluding carboxylic acids is 1. The van der Waals surface area contributed by atoms with Gasteiger partial charge in [0, 0.05) is 11.6 Å². The van der Waals surface area contributed by atoms with E-state index in [1.54, 1.807) is 31.4 Å². The zero-order chi connectivity index (χ0) is 15.9. The van der Waals surface area contributed by atoms with Crippen molar-refractivity contribution >= 4 is 5.91 Å². The molecule has 0 bridgehead atoms. The molecule has 1 aliphatic carbocycles. The Hall–Kier alpha value is -1.97. The van der Waals surface area contributed by atoms with E-state index in [0.29, 0.717) is 23.7 Å². The normalized spacial score (nSPS) is 21.0. The van der Waals surface area contributed by atoms with Crippen molar-refractivity contribution in [2.75, 3.05) is 13.7 Å². The van der Waals surface area contributed by atoms with Crippen LogP contribution < -0.4 is 14.8 Å². The Morgan fingerprint density at radius 1 is 1.32 bits per heavy atom. The van der Waals surface area contributed by atoms with Crippen LogP contribution in [0.1, 0.15) is 43.0 Å². The Morgan fingerprint density at radius 3 is 2.68 bits per heavy atom. The van der Waals surface area contributed by atoms with Crippen molar-refractivity contribution in [3.8, 4) is 11.5 Å². The molecule has 1 aliphatic rings. The third kappa shape index (κ3) is 4.26. The Morgan fingerprint density at radius 2 is 2.05 bits per heavy atom. The van der Waals surface area contributed by atoms with Crippen LogP contribution in [0.25, 0.3) is 0 Å². The zero-order valence-electron chi connectivity index (χ0n) is 13.4. The van der Waals surface area contributed by atoms with Crippen molar-refractivity contribution in [3.05, 3.63) is 36.4 Å². The van der Waals surface area contributed by atoms with Gasteiger partial charge < -0.3 is 14.8 Å². The average molecular weight is 303 g/mol. The lowest BCUT2D eigenvalue weighted by atomic mass is 9.87. The second kappa shape index (κ2) is 7.87. The number of benzene rings is 1. The van der Waals surface area contributed by atoms with E-state index in [1.807, 2.05) is 0 Å². The van der Waals surface area contributed by atoms with E-state index in [4.69, 9.17) is 9.47 Å². The lowest BCUT2D eigenvalue weighted by molar-refractivity contribution is 0.0922. The average Bonchev–Trinajstić information content (AvgIpc) is 2.54. The highest BCUT2D eigenvalue weighted by atomic mass is 16.5. The van der Waals surface area contributed by atoms with Gasteiger partial charge in [0.15, 0.2) is 11.5 Å². The summed E-state index contributed by atoms with van der Waals surface area (Å²) < 4.78 is 10.8. The fourth-order valence-electron chi connectivity index (χ4n) is 2.75. The van der Waals surface area contributed by atoms with E-state index in [9.17, 15) is 4.79 Å². The topological polar surface area (TPSA) is 47.6 Å². The Kier molecular flexibility index (Phi) is 5.87. The van der Waals surface area contributed by atoms with Crippen LogP contribution >= 0.6 is 0 Å². The van der Waals surface area contributed by atoms with E-state index >= 15 is 0 Å². The van der Waals surface area contributed by atoms with E-state index in [2.05, 4.69) is 18.8 Å². The monoisotopic (exact) mass is 303 g/mol. The van der Waals surface area contributed by atoms with Gasteiger partial charge in [0.2, 0.25) is 0 Å². The molecule has 1 aromatic carbocycles. The molecule has 0 radical (unpaired) electrons. The molecule has 1 amide bonds. The molecule has 0 heterocycles. The third-order valence-electron chi connectivity index (χ3n) is 4.13. The van der Waals surface area contributed by atoms with Crippen LogP contribution in [0.4, 0.5) is 0 Å². The van der Waals surface area contributed by atoms with Gasteiger partial charge in [0.1, 0.15) is 6.61 Å². The second-order valence-electron chi connectivity index (χ2n) is 5.90. The molecule has 1 fully saturated rings. The molecule has 120 valence electrons. The van der Waals surface area contributed by atoms with Crippen LogP contribution in [0.3, 0.4) is 0 Å². The molecule has 4 heteroatoms. The molecule has 0 unspecified atom stereocenters. The number of hydrogen-bond donors (Lipinski definition) is 1. The number of carbonyl (C=O) groups is 1. The van der Waals surface area contributed by atoms with Crippen molar-refractivity contribution < 1.29 is 14.3 Å². The third-order valence-corrected chi connectivity index (χ3v) is 4.13. The van der Waals surface area contributed by atoms with E-state index in [0.717, 1.165) is 18.8 Å². The first-order valence-electron chi connectivity index (χ1n) is 7.86. The van der Waals surface area contributed by atoms with E-state index in [-0.39, 0.29) is 11.9 Å². The van der Waals surface area contributed by atoms with Crippen molar-refractivity contribution in [3.63, 3.8) is 0 Å². The molecule has 1 aromatic rings. The van der Waals surface area contributed by atoms with Gasteiger partial charge in [-0.15, -0.1) is 0 Å². The number of hydrogen-bond acceptors (Lipinski definition) is 3. The lowest BCUT2D eigenvalue weighted by Gasteiger charge is -2.27. The summed E-state index contributed by atoms with van der Waals surface area (Å²) in [5.41, 5.74) is 0.599. The fraction of sp³-hybridized carbons (Fsp3) is 0.500. The van der Waals surface area contributed by atoms with Crippen molar-refractivity contribution in [2.45, 2.75) is 38.6 Å². The quantitative estimate of drug-likeness (QED) is 0.817. The summed E-state index contributed by atoms with van der Waals surface area (Å²) in [5, 5.41) is 3.12. The summed E-state index contributed by atoms with van der Waals surface area (Å²) in [6.07, 6.45) is 6.16. The highest BCUT2D eigenvalue weighted by Gasteiger charge is 2.20. The van der Waals surface area contributed by atoms with Crippen LogP contribution in [-0.4, -0.2) is 25.7 Å². The van der Waals surface area contributed by atoms with Gasteiger partial charge >= 0.3 is 0 Å². The van der Waals surface area contributed by atoms with Gasteiger partial charge in [0.05, 0.1) is 7.11 Å². The minimum Gasteiger partial charge on any atom is -0.493 e. The highest BCUT2D eigenvalue weighted by Crippen LogP contribution is 2.28. The summed E-state index contributed by atoms with van der Waals surface area (Å²) in [7, 11) is 1.57. The summed E-state index contributed by atoms with van der Waals surface area (Å²) in [4.78, 5) is 12.4. The van der Waals surface area contributed by atoms with Crippen molar-refractivity contribution in [2.24, 2.45) is 5.92 Å². The van der Waals surface area contributed by atoms with Crippen molar-refractivity contribution in [1.29, 1.82) is 0 Å². The Bertz CT molecular complexity index is 519. The zero-order valence-corrected chi connectivity index (χ0v) is 13.4. The van der Waals surface area contributed by atoms with Crippen LogP contribution in [0.2, 0.25) is 0 Å². The molecule has 0 saturated heterocycles. The Labute approximate surface area is 132 Å². The maximum absolute atomic E-state index is 12.4. The Balaban J connectivity index is 2.01. The minimum atomic E-state index is -0.0480. The summed E-state index contributed by atoms with van der Waals surface area (Å²) >= 11 is 0. The molecular weight excluding hydrogens is 278 g/mol. The molecule has 0 aliphatic heterocycles. The molecule has 22 heavy (non-hydrogen) atoms. The van der Waals surface area contributed by atoms with Crippen LogP contribution in [0.15, 0.2) is 30.9 Å². The molecule has 1 N–H and O–H groups in total. The summed E-state index contributed by atoms with van der Waals surface area (Å²) in [6, 6.07) is 5.53. The first kappa shape index (κ1) is 16.4. The first-order chi connectivity index (χ1) is 10.6. The maximum atomic E-state index is 12.4. The molecule has 0 aromatic heterocycles. The van der Waals surface area contributed by atoms with Gasteiger partial charge in [-0.25, -0.2) is 0 Å². The van der Waals surface area contributed by atoms with E-state index in [1.165, 1.54) is 12.8 Å². The number of nitrogens with one attached hydrogen (secondary N) is 1. The molecule has 1 saturated carbocycles. The van der Waals surface area contributed by atoms with Crippen molar-refractivity contribution in [1.82, 2.24) is 5.32 Å². The lowest BCUT2D eigenvalue weighted by Crippen LogP contribution is -2.37. The van der Waals surface area contributed by atoms with E-state index < -0.39 is 0 Å². The summed E-state index contributed by atoms with van der Waals surface area (Å²) in [5.74, 6) is 1.90. The fourth-order valence-corrected chi connectivity index (χ4v) is 2.75. The summed E-state index contributed by atoms with van der Waals surface area (Å²) in [6.45, 7) is 6.29. The molecule has 4 nitrogen and oxygen atoms in total. The highest BCUT2D eigenvalue weighted by molar-refractivity contribution is 5.95. The predicted molar refractivity (Wildman–Crippen MR) is 87.6 cm³/mol. The van der Waals surface area contributed by atoms with Crippen LogP contribution in [-0.2, 0) is 0 Å². The molecule has 0 spiro atoms. The number of amides is 1. The molecule has 0 atom stereocenters. The SMILES string of the molecule is C=CCOc1ccc(C(=O)NC2CCC(C)CC2)cc1OC. The predicted octanol–water partition coefficient (Wildman–Crippen LogP) is 3.57. The largest absolute Gasteiger partial charge is 0.493 e. The smallest absolute Gasteiger partial charge is 0.251 e. The standard InChI is InChI=1S/C18H25NO3/c1-4-11-22-16-10-7-14(12-17(16)21-3)18(20)19-15-8-5-13(2)6-9-15/h4,7,10,12-13,15H,1,5-6,8-9,11H2,2-3H3,(H,19,20). The van der Waals surface area contributed by atoms with Gasteiger partial charge in [-0.05, 0) is 49.8 Å². The number of methoxy groups -OCH3 is 1. The molecule has 2 rings (SSSR count). The van der Waals surface area contributed by atoms with Gasteiger partial charge in [-0.3, -0.25) is 4.79 Å². The van der Waals surface area contributed by atoms with Crippen LogP contribution in [0, 0.1) is 5.92 Å². The van der Waals surface area contributed by atoms with Gasteiger partial charge in [0.25, 0.3) is 5.91 Å². The first-order valence-corrected chi connectivity index (χ1v) is 7.86.